The Morgan fingerprint density at radius 1 is 1.36 bits per heavy atom. The van der Waals surface area contributed by atoms with Crippen molar-refractivity contribution in [1.29, 1.82) is 0 Å². The first kappa shape index (κ1) is 13.6. The smallest absolute Gasteiger partial charge is 0.134 e. The van der Waals surface area contributed by atoms with Crippen molar-refractivity contribution >= 4 is 14.3 Å². The average Bonchev–Trinajstić information content (AvgIpc) is 2.08. The van der Waals surface area contributed by atoms with Crippen molar-refractivity contribution in [3.8, 4) is 0 Å². The van der Waals surface area contributed by atoms with E-state index < -0.39 is 8.07 Å². The summed E-state index contributed by atoms with van der Waals surface area (Å²) >= 11 is 0. The third kappa shape index (κ3) is 8.25. The predicted molar refractivity (Wildman–Crippen MR) is 65.5 cm³/mol. The van der Waals surface area contributed by atoms with E-state index in [-0.39, 0.29) is 0 Å². The maximum atomic E-state index is 5.56. The van der Waals surface area contributed by atoms with E-state index in [0.717, 1.165) is 13.2 Å². The molecule has 3 nitrogen and oxygen atoms in total. The number of rotatable bonds is 7. The normalized spacial score (nSPS) is 12.4. The third-order valence-corrected chi connectivity index (χ3v) is 3.58. The minimum absolute atomic E-state index is 0.616. The number of nitrogens with zero attached hydrogens (tertiary/aromatic N) is 2. The highest BCUT2D eigenvalue weighted by atomic mass is 28.3. The van der Waals surface area contributed by atoms with Gasteiger partial charge in [0.15, 0.2) is 0 Å². The summed E-state index contributed by atoms with van der Waals surface area (Å²) in [6, 6.07) is 1.22. The second-order valence-electron chi connectivity index (χ2n) is 4.54. The molecule has 0 atom stereocenters. The van der Waals surface area contributed by atoms with Crippen LogP contribution in [0.2, 0.25) is 25.7 Å². The highest BCUT2D eigenvalue weighted by Gasteiger charge is 2.12. The predicted octanol–water partition coefficient (Wildman–Crippen LogP) is 2.63. The molecule has 0 saturated carbocycles. The first-order valence-electron chi connectivity index (χ1n) is 5.31. The Balaban J connectivity index is 3.52. The van der Waals surface area contributed by atoms with E-state index >= 15 is 0 Å². The molecule has 0 spiro atoms. The van der Waals surface area contributed by atoms with Crippen LogP contribution in [0.3, 0.4) is 0 Å². The number of ether oxygens (including phenoxy) is 1. The molecule has 0 aliphatic rings. The summed E-state index contributed by atoms with van der Waals surface area (Å²) in [6.07, 6.45) is 1.80. The maximum absolute atomic E-state index is 5.56. The van der Waals surface area contributed by atoms with Crippen LogP contribution in [0.25, 0.3) is 0 Å². The van der Waals surface area contributed by atoms with Gasteiger partial charge in [-0.15, -0.1) is 0 Å². The Labute approximate surface area is 89.1 Å². The molecule has 0 aromatic carbocycles. The van der Waals surface area contributed by atoms with Gasteiger partial charge in [0.05, 0.1) is 0 Å². The molecule has 0 fully saturated rings. The first-order chi connectivity index (χ1) is 6.49. The zero-order valence-corrected chi connectivity index (χ0v) is 11.2. The Kier molecular flexibility index (Phi) is 6.83. The monoisotopic (exact) mass is 216 g/mol. The Bertz CT molecular complexity index is 166. The summed E-state index contributed by atoms with van der Waals surface area (Å²) in [5, 5.41) is 6.09. The van der Waals surface area contributed by atoms with E-state index in [4.69, 9.17) is 4.74 Å². The SMILES string of the molecule is C/C=N\N(CC)COCC[Si](C)(C)C. The summed E-state index contributed by atoms with van der Waals surface area (Å²) < 4.78 is 5.56. The van der Waals surface area contributed by atoms with Crippen LogP contribution in [0, 0.1) is 0 Å². The lowest BCUT2D eigenvalue weighted by Gasteiger charge is -2.19. The molecule has 0 aromatic heterocycles. The fourth-order valence-corrected chi connectivity index (χ4v) is 1.67. The summed E-state index contributed by atoms with van der Waals surface area (Å²) in [5.41, 5.74) is 0. The fraction of sp³-hybridized carbons (Fsp3) is 0.900. The summed E-state index contributed by atoms with van der Waals surface area (Å²) in [5.74, 6) is 0. The van der Waals surface area contributed by atoms with Gasteiger partial charge in [0.25, 0.3) is 0 Å². The molecular formula is C10H24N2OSi. The van der Waals surface area contributed by atoms with Gasteiger partial charge in [0.2, 0.25) is 0 Å². The van der Waals surface area contributed by atoms with E-state index in [1.165, 1.54) is 6.04 Å². The van der Waals surface area contributed by atoms with Gasteiger partial charge < -0.3 is 4.74 Å². The van der Waals surface area contributed by atoms with Gasteiger partial charge in [-0.05, 0) is 19.9 Å². The van der Waals surface area contributed by atoms with Crippen molar-refractivity contribution in [1.82, 2.24) is 5.01 Å². The van der Waals surface area contributed by atoms with Crippen molar-refractivity contribution in [2.24, 2.45) is 5.10 Å². The molecular weight excluding hydrogens is 192 g/mol. The average molecular weight is 216 g/mol. The zero-order chi connectivity index (χ0) is 11.0. The molecule has 4 heteroatoms. The van der Waals surface area contributed by atoms with Gasteiger partial charge in [-0.3, -0.25) is 5.01 Å². The minimum atomic E-state index is -0.940. The molecule has 0 radical (unpaired) electrons. The number of hydrazone groups is 1. The van der Waals surface area contributed by atoms with Crippen LogP contribution in [0.4, 0.5) is 0 Å². The lowest BCUT2D eigenvalue weighted by Crippen LogP contribution is -2.25. The third-order valence-electron chi connectivity index (χ3n) is 1.88. The summed E-state index contributed by atoms with van der Waals surface area (Å²) in [7, 11) is -0.940. The van der Waals surface area contributed by atoms with Gasteiger partial charge in [-0.1, -0.05) is 19.6 Å². The van der Waals surface area contributed by atoms with E-state index in [0.29, 0.717) is 6.73 Å². The van der Waals surface area contributed by atoms with Gasteiger partial charge >= 0.3 is 0 Å². The van der Waals surface area contributed by atoms with Crippen LogP contribution in [0.5, 0.6) is 0 Å². The van der Waals surface area contributed by atoms with Gasteiger partial charge in [-0.25, -0.2) is 0 Å². The van der Waals surface area contributed by atoms with Gasteiger partial charge in [-0.2, -0.15) is 5.10 Å². The van der Waals surface area contributed by atoms with Crippen molar-refractivity contribution in [2.45, 2.75) is 39.5 Å². The largest absolute Gasteiger partial charge is 0.360 e. The summed E-state index contributed by atoms with van der Waals surface area (Å²) in [6.45, 7) is 13.5. The van der Waals surface area contributed by atoms with E-state index in [2.05, 4.69) is 31.7 Å². The highest BCUT2D eigenvalue weighted by molar-refractivity contribution is 6.76. The molecule has 0 N–H and O–H groups in total. The van der Waals surface area contributed by atoms with Crippen LogP contribution in [0.1, 0.15) is 13.8 Å². The van der Waals surface area contributed by atoms with E-state index in [1.807, 2.05) is 11.9 Å². The Morgan fingerprint density at radius 2 is 2.00 bits per heavy atom. The minimum Gasteiger partial charge on any atom is -0.360 e. The molecule has 0 amide bonds. The topological polar surface area (TPSA) is 24.8 Å². The molecule has 0 aliphatic heterocycles. The quantitative estimate of drug-likeness (QED) is 0.215. The molecule has 84 valence electrons. The lowest BCUT2D eigenvalue weighted by molar-refractivity contribution is 0.0402. The van der Waals surface area contributed by atoms with Crippen LogP contribution in [-0.2, 0) is 4.74 Å². The summed E-state index contributed by atoms with van der Waals surface area (Å²) in [4.78, 5) is 0. The van der Waals surface area contributed by atoms with Crippen LogP contribution in [0.15, 0.2) is 5.10 Å². The van der Waals surface area contributed by atoms with Crippen molar-refractivity contribution in [3.05, 3.63) is 0 Å². The van der Waals surface area contributed by atoms with Crippen LogP contribution >= 0.6 is 0 Å². The number of hydrogen-bond donors (Lipinski definition) is 0. The highest BCUT2D eigenvalue weighted by Crippen LogP contribution is 2.07. The molecule has 0 heterocycles. The molecule has 14 heavy (non-hydrogen) atoms. The van der Waals surface area contributed by atoms with Crippen molar-refractivity contribution in [2.75, 3.05) is 19.9 Å². The lowest BCUT2D eigenvalue weighted by atomic mass is 10.7. The Morgan fingerprint density at radius 3 is 2.43 bits per heavy atom. The van der Waals surface area contributed by atoms with Crippen molar-refractivity contribution in [3.63, 3.8) is 0 Å². The van der Waals surface area contributed by atoms with Gasteiger partial charge in [0.1, 0.15) is 6.73 Å². The number of hydrogen-bond acceptors (Lipinski definition) is 3. The van der Waals surface area contributed by atoms with E-state index in [9.17, 15) is 0 Å². The van der Waals surface area contributed by atoms with E-state index in [1.54, 1.807) is 6.21 Å². The molecule has 0 bridgehead atoms. The molecule has 0 rings (SSSR count). The first-order valence-corrected chi connectivity index (χ1v) is 9.01. The molecule has 0 aliphatic carbocycles. The second-order valence-corrected chi connectivity index (χ2v) is 10.2. The van der Waals surface area contributed by atoms with Crippen LogP contribution < -0.4 is 0 Å². The zero-order valence-electron chi connectivity index (χ0n) is 10.2. The Hall–Kier alpha value is -0.353. The van der Waals surface area contributed by atoms with Crippen molar-refractivity contribution < 1.29 is 4.74 Å². The molecule has 0 unspecified atom stereocenters. The van der Waals surface area contributed by atoms with Gasteiger partial charge in [0, 0.05) is 27.4 Å². The molecule has 0 aromatic rings. The molecule has 0 saturated heterocycles. The van der Waals surface area contributed by atoms with Crippen LogP contribution in [-0.4, -0.2) is 39.2 Å². The second kappa shape index (κ2) is 7.01. The maximum Gasteiger partial charge on any atom is 0.134 e. The standard InChI is InChI=1S/C10H24N2OSi/c1-6-11-12(7-2)10-13-8-9-14(3,4)5/h6H,7-10H2,1-5H3/b11-6-. The fourth-order valence-electron chi connectivity index (χ4n) is 0.918.